The number of rotatable bonds is 4. The number of oxazole rings is 1. The van der Waals surface area contributed by atoms with Crippen LogP contribution in [-0.2, 0) is 11.3 Å². The normalized spacial score (nSPS) is 10.9. The van der Waals surface area contributed by atoms with E-state index < -0.39 is 5.97 Å². The Morgan fingerprint density at radius 1 is 1.64 bits per heavy atom. The molecular weight excluding hydrogens is 186 g/mol. The van der Waals surface area contributed by atoms with E-state index in [1.807, 2.05) is 13.8 Å². The summed E-state index contributed by atoms with van der Waals surface area (Å²) in [5.41, 5.74) is -0.0487. The van der Waals surface area contributed by atoms with Gasteiger partial charge in [0.25, 0.3) is 0 Å². The summed E-state index contributed by atoms with van der Waals surface area (Å²) in [6, 6.07) is 0. The first kappa shape index (κ1) is 10.7. The highest BCUT2D eigenvalue weighted by Crippen LogP contribution is 2.11. The third-order valence-electron chi connectivity index (χ3n) is 1.58. The zero-order chi connectivity index (χ0) is 10.7. The van der Waals surface area contributed by atoms with E-state index >= 15 is 0 Å². The zero-order valence-electron chi connectivity index (χ0n) is 8.40. The smallest absolute Gasteiger partial charge is 0.358 e. The Morgan fingerprint density at radius 3 is 2.71 bits per heavy atom. The van der Waals surface area contributed by atoms with Gasteiger partial charge in [0.05, 0.1) is 6.10 Å². The summed E-state index contributed by atoms with van der Waals surface area (Å²) in [6.45, 7) is 5.53. The van der Waals surface area contributed by atoms with Crippen LogP contribution in [0.2, 0.25) is 0 Å². The minimum absolute atomic E-state index is 0.0487. The van der Waals surface area contributed by atoms with Crippen molar-refractivity contribution in [3.05, 3.63) is 17.3 Å². The third-order valence-corrected chi connectivity index (χ3v) is 1.58. The molecule has 1 rings (SSSR count). The number of aromatic nitrogens is 1. The Balaban J connectivity index is 2.71. The largest absolute Gasteiger partial charge is 0.476 e. The Labute approximate surface area is 81.7 Å². The lowest BCUT2D eigenvalue weighted by Gasteiger charge is -2.02. The fourth-order valence-electron chi connectivity index (χ4n) is 0.949. The van der Waals surface area contributed by atoms with Crippen LogP contribution in [0, 0.1) is 6.92 Å². The molecule has 0 amide bonds. The van der Waals surface area contributed by atoms with E-state index in [-0.39, 0.29) is 18.4 Å². The Bertz CT molecular complexity index is 330. The van der Waals surface area contributed by atoms with Crippen molar-refractivity contribution in [1.82, 2.24) is 4.98 Å². The zero-order valence-corrected chi connectivity index (χ0v) is 8.40. The summed E-state index contributed by atoms with van der Waals surface area (Å²) >= 11 is 0. The fraction of sp³-hybridized carbons (Fsp3) is 0.556. The van der Waals surface area contributed by atoms with E-state index in [0.29, 0.717) is 11.7 Å². The van der Waals surface area contributed by atoms with Gasteiger partial charge in [-0.3, -0.25) is 0 Å². The molecule has 1 aromatic heterocycles. The van der Waals surface area contributed by atoms with Crippen LogP contribution in [0.3, 0.4) is 0 Å². The second-order valence-corrected chi connectivity index (χ2v) is 3.18. The summed E-state index contributed by atoms with van der Waals surface area (Å²) in [4.78, 5) is 14.4. The first-order valence-electron chi connectivity index (χ1n) is 4.32. The predicted octanol–water partition coefficient (Wildman–Crippen LogP) is 1.61. The van der Waals surface area contributed by atoms with Gasteiger partial charge in [0, 0.05) is 0 Å². The monoisotopic (exact) mass is 199 g/mol. The Hall–Kier alpha value is -1.36. The number of ether oxygens (including phenoxy) is 1. The van der Waals surface area contributed by atoms with Gasteiger partial charge in [-0.1, -0.05) is 0 Å². The molecule has 0 fully saturated rings. The number of aromatic carboxylic acids is 1. The van der Waals surface area contributed by atoms with Crippen LogP contribution in [-0.4, -0.2) is 22.2 Å². The molecule has 5 heteroatoms. The van der Waals surface area contributed by atoms with Crippen LogP contribution in [0.15, 0.2) is 4.42 Å². The van der Waals surface area contributed by atoms with Crippen LogP contribution in [0.25, 0.3) is 0 Å². The topological polar surface area (TPSA) is 72.6 Å². The molecular formula is C9H13NO4. The lowest BCUT2D eigenvalue weighted by atomic mass is 10.4. The molecule has 0 radical (unpaired) electrons. The first-order valence-corrected chi connectivity index (χ1v) is 4.32. The highest BCUT2D eigenvalue weighted by molar-refractivity contribution is 5.86. The highest BCUT2D eigenvalue weighted by Gasteiger charge is 2.15. The van der Waals surface area contributed by atoms with Crippen molar-refractivity contribution < 1.29 is 19.1 Å². The van der Waals surface area contributed by atoms with Crippen molar-refractivity contribution >= 4 is 5.97 Å². The van der Waals surface area contributed by atoms with Crippen LogP contribution in [0.4, 0.5) is 0 Å². The number of nitrogens with zero attached hydrogens (tertiary/aromatic N) is 1. The molecule has 0 spiro atoms. The van der Waals surface area contributed by atoms with Crippen LogP contribution in [0.5, 0.6) is 0 Å². The summed E-state index contributed by atoms with van der Waals surface area (Å²) in [6.07, 6.45) is 0.0653. The molecule has 0 aliphatic carbocycles. The summed E-state index contributed by atoms with van der Waals surface area (Å²) < 4.78 is 10.3. The van der Waals surface area contributed by atoms with Gasteiger partial charge in [-0.05, 0) is 20.8 Å². The molecule has 1 heterocycles. The highest BCUT2D eigenvalue weighted by atomic mass is 16.5. The number of aryl methyl sites for hydroxylation is 1. The minimum atomic E-state index is -1.08. The van der Waals surface area contributed by atoms with Gasteiger partial charge in [0.2, 0.25) is 5.89 Å². The molecule has 14 heavy (non-hydrogen) atoms. The molecule has 1 N–H and O–H groups in total. The minimum Gasteiger partial charge on any atom is -0.476 e. The van der Waals surface area contributed by atoms with Crippen molar-refractivity contribution in [2.24, 2.45) is 0 Å². The number of carboxylic acids is 1. The Morgan fingerprint density at radius 2 is 2.29 bits per heavy atom. The first-order chi connectivity index (χ1) is 6.50. The molecule has 1 aromatic rings. The van der Waals surface area contributed by atoms with Gasteiger partial charge in [-0.15, -0.1) is 0 Å². The molecule has 0 atom stereocenters. The third kappa shape index (κ3) is 2.56. The average Bonchev–Trinajstić information content (AvgIpc) is 2.43. The number of carboxylic acid groups (broad SMARTS) is 1. The number of hydrogen-bond acceptors (Lipinski definition) is 4. The van der Waals surface area contributed by atoms with Crippen molar-refractivity contribution in [2.45, 2.75) is 33.5 Å². The molecule has 0 saturated heterocycles. The maximum atomic E-state index is 10.6. The molecule has 0 unspecified atom stereocenters. The molecule has 0 aliphatic rings. The lowest BCUT2D eigenvalue weighted by Crippen LogP contribution is -2.03. The fourth-order valence-corrected chi connectivity index (χ4v) is 0.949. The molecule has 5 nitrogen and oxygen atoms in total. The van der Waals surface area contributed by atoms with E-state index in [2.05, 4.69) is 4.98 Å². The van der Waals surface area contributed by atoms with Gasteiger partial charge >= 0.3 is 5.97 Å². The van der Waals surface area contributed by atoms with E-state index in [4.69, 9.17) is 14.3 Å². The van der Waals surface area contributed by atoms with Crippen LogP contribution in [0.1, 0.15) is 36.0 Å². The molecule has 78 valence electrons. The Kier molecular flexibility index (Phi) is 3.24. The van der Waals surface area contributed by atoms with Gasteiger partial charge in [-0.2, -0.15) is 0 Å². The quantitative estimate of drug-likeness (QED) is 0.797. The second kappa shape index (κ2) is 4.23. The van der Waals surface area contributed by atoms with Crippen molar-refractivity contribution in [1.29, 1.82) is 0 Å². The average molecular weight is 199 g/mol. The SMILES string of the molecule is Cc1oc(COC(C)C)nc1C(=O)O. The van der Waals surface area contributed by atoms with Crippen LogP contribution >= 0.6 is 0 Å². The maximum absolute atomic E-state index is 10.6. The summed E-state index contributed by atoms with van der Waals surface area (Å²) in [7, 11) is 0. The second-order valence-electron chi connectivity index (χ2n) is 3.18. The molecule has 0 saturated carbocycles. The van der Waals surface area contributed by atoms with Gasteiger partial charge < -0.3 is 14.3 Å². The maximum Gasteiger partial charge on any atom is 0.358 e. The molecule has 0 aromatic carbocycles. The van der Waals surface area contributed by atoms with Crippen LogP contribution < -0.4 is 0 Å². The van der Waals surface area contributed by atoms with E-state index in [1.54, 1.807) is 6.92 Å². The van der Waals surface area contributed by atoms with Crippen molar-refractivity contribution in [2.75, 3.05) is 0 Å². The molecule has 0 aliphatic heterocycles. The standard InChI is InChI=1S/C9H13NO4/c1-5(2)13-4-7-10-8(9(11)12)6(3)14-7/h5H,4H2,1-3H3,(H,11,12). The lowest BCUT2D eigenvalue weighted by molar-refractivity contribution is 0.0513. The van der Waals surface area contributed by atoms with Crippen molar-refractivity contribution in [3.63, 3.8) is 0 Å². The summed E-state index contributed by atoms with van der Waals surface area (Å²) in [5, 5.41) is 8.69. The molecule has 0 bridgehead atoms. The predicted molar refractivity (Wildman–Crippen MR) is 48.1 cm³/mol. The van der Waals surface area contributed by atoms with Gasteiger partial charge in [0.1, 0.15) is 12.4 Å². The summed E-state index contributed by atoms with van der Waals surface area (Å²) in [5.74, 6) is -0.476. The van der Waals surface area contributed by atoms with E-state index in [0.717, 1.165) is 0 Å². The van der Waals surface area contributed by atoms with E-state index in [1.165, 1.54) is 0 Å². The van der Waals surface area contributed by atoms with Gasteiger partial charge in [0.15, 0.2) is 5.69 Å². The number of carbonyl (C=O) groups is 1. The van der Waals surface area contributed by atoms with Gasteiger partial charge in [-0.25, -0.2) is 9.78 Å². The van der Waals surface area contributed by atoms with Crippen molar-refractivity contribution in [3.8, 4) is 0 Å². The van der Waals surface area contributed by atoms with E-state index in [9.17, 15) is 4.79 Å². The number of hydrogen-bond donors (Lipinski definition) is 1.